The van der Waals surface area contributed by atoms with E-state index in [1.165, 1.54) is 250 Å². The minimum atomic E-state index is -0.664. The lowest BCUT2D eigenvalue weighted by atomic mass is 10.0. The lowest BCUT2D eigenvalue weighted by Crippen LogP contribution is -2.45. The molecule has 0 radical (unpaired) electrons. The van der Waals surface area contributed by atoms with Gasteiger partial charge in [-0.1, -0.05) is 287 Å². The van der Waals surface area contributed by atoms with Crippen LogP contribution < -0.4 is 5.32 Å². The number of aliphatic hydroxyl groups excluding tert-OH is 2. The van der Waals surface area contributed by atoms with E-state index in [-0.39, 0.29) is 18.5 Å². The van der Waals surface area contributed by atoms with E-state index in [1.54, 1.807) is 0 Å². The van der Waals surface area contributed by atoms with Gasteiger partial charge in [-0.3, -0.25) is 9.59 Å². The van der Waals surface area contributed by atoms with Crippen LogP contribution in [-0.2, 0) is 14.3 Å². The summed E-state index contributed by atoms with van der Waals surface area (Å²) in [7, 11) is 0. The lowest BCUT2D eigenvalue weighted by Gasteiger charge is -2.22. The van der Waals surface area contributed by atoms with Gasteiger partial charge in [-0.2, -0.15) is 0 Å². The SMILES string of the molecule is CCCCC/C=C\C/C=C\CCCCCCCC(=O)OCCCCCCCCCCC/C=C\C/C=C\CCCCCCCCCCCCCCCC(=O)NC(CO)C(O)CCCCCCCCCCCCCC. The Morgan fingerprint density at radius 3 is 1.07 bits per heavy atom. The van der Waals surface area contributed by atoms with Crippen molar-refractivity contribution in [3.8, 4) is 0 Å². The van der Waals surface area contributed by atoms with Crippen molar-refractivity contribution in [3.63, 3.8) is 0 Å². The maximum atomic E-state index is 12.5. The predicted octanol–water partition coefficient (Wildman–Crippen LogP) is 20.5. The van der Waals surface area contributed by atoms with Crippen LogP contribution in [0.5, 0.6) is 0 Å². The fraction of sp³-hybridized carbons (Fsp3) is 0.851. The summed E-state index contributed by atoms with van der Waals surface area (Å²) < 4.78 is 5.48. The first-order valence-electron chi connectivity index (χ1n) is 32.4. The van der Waals surface area contributed by atoms with Crippen molar-refractivity contribution in [2.24, 2.45) is 0 Å². The molecule has 6 nitrogen and oxygen atoms in total. The van der Waals surface area contributed by atoms with E-state index in [0.29, 0.717) is 25.9 Å². The van der Waals surface area contributed by atoms with Gasteiger partial charge in [0.05, 0.1) is 25.4 Å². The average Bonchev–Trinajstić information content (AvgIpc) is 3.39. The number of rotatable bonds is 60. The van der Waals surface area contributed by atoms with Gasteiger partial charge in [-0.15, -0.1) is 0 Å². The van der Waals surface area contributed by atoms with Gasteiger partial charge in [0.1, 0.15) is 0 Å². The second-order valence-corrected chi connectivity index (χ2v) is 22.1. The summed E-state index contributed by atoms with van der Waals surface area (Å²) in [6.45, 7) is 4.92. The molecule has 0 aromatic rings. The van der Waals surface area contributed by atoms with Crippen molar-refractivity contribution in [2.45, 2.75) is 353 Å². The van der Waals surface area contributed by atoms with E-state index in [2.05, 4.69) is 67.8 Å². The molecule has 0 fully saturated rings. The van der Waals surface area contributed by atoms with Gasteiger partial charge in [-0.05, 0) is 89.9 Å². The summed E-state index contributed by atoms with van der Waals surface area (Å²) in [5.41, 5.74) is 0. The summed E-state index contributed by atoms with van der Waals surface area (Å²) in [5.74, 6) is -0.0383. The van der Waals surface area contributed by atoms with Crippen molar-refractivity contribution in [1.82, 2.24) is 5.32 Å². The Balaban J connectivity index is 3.40. The van der Waals surface area contributed by atoms with Crippen molar-refractivity contribution in [2.75, 3.05) is 13.2 Å². The highest BCUT2D eigenvalue weighted by Gasteiger charge is 2.20. The highest BCUT2D eigenvalue weighted by atomic mass is 16.5. The second kappa shape index (κ2) is 62.4. The van der Waals surface area contributed by atoms with E-state index < -0.39 is 12.1 Å². The number of nitrogens with one attached hydrogen (secondary N) is 1. The van der Waals surface area contributed by atoms with E-state index >= 15 is 0 Å². The number of hydrogen-bond acceptors (Lipinski definition) is 5. The third-order valence-corrected chi connectivity index (χ3v) is 14.9. The van der Waals surface area contributed by atoms with Crippen LogP contribution in [0.1, 0.15) is 341 Å². The van der Waals surface area contributed by atoms with Gasteiger partial charge < -0.3 is 20.3 Å². The number of allylic oxidation sites excluding steroid dienone is 8. The maximum Gasteiger partial charge on any atom is 0.305 e. The standard InChI is InChI=1S/C67H125NO5/c1-3-5-7-9-11-13-15-17-33-37-41-45-49-53-57-61-67(72)73-62-58-54-50-46-42-38-35-32-30-28-26-24-22-20-18-19-21-23-25-27-29-31-34-36-40-44-48-52-56-60-66(71)68-64(63-69)65(70)59-55-51-47-43-39-16-14-12-10-8-6-4-2/h11,13,17-18,20,24,26,33,64-65,69-70H,3-10,12,14-16,19,21-23,25,27-32,34-63H2,1-2H3,(H,68,71)/b13-11-,20-18-,26-24-,33-17-. The van der Waals surface area contributed by atoms with Crippen molar-refractivity contribution in [3.05, 3.63) is 48.6 Å². The smallest absolute Gasteiger partial charge is 0.305 e. The highest BCUT2D eigenvalue weighted by Crippen LogP contribution is 2.17. The van der Waals surface area contributed by atoms with Crippen molar-refractivity contribution >= 4 is 11.9 Å². The molecule has 0 saturated heterocycles. The number of aliphatic hydroxyl groups is 2. The molecule has 0 aliphatic rings. The van der Waals surface area contributed by atoms with E-state index in [0.717, 1.165) is 57.8 Å². The van der Waals surface area contributed by atoms with Gasteiger partial charge in [0.15, 0.2) is 0 Å². The molecule has 3 N–H and O–H groups in total. The number of unbranched alkanes of at least 4 members (excludes halogenated alkanes) is 41. The lowest BCUT2D eigenvalue weighted by molar-refractivity contribution is -0.143. The molecule has 0 spiro atoms. The van der Waals surface area contributed by atoms with Gasteiger partial charge in [0.2, 0.25) is 5.91 Å². The van der Waals surface area contributed by atoms with Crippen LogP contribution in [0, 0.1) is 0 Å². The molecule has 6 heteroatoms. The van der Waals surface area contributed by atoms with Crippen LogP contribution in [-0.4, -0.2) is 47.4 Å². The zero-order chi connectivity index (χ0) is 52.9. The molecule has 0 aromatic carbocycles. The molecule has 0 rings (SSSR count). The highest BCUT2D eigenvalue weighted by molar-refractivity contribution is 5.76. The van der Waals surface area contributed by atoms with Crippen LogP contribution in [0.4, 0.5) is 0 Å². The Hall–Kier alpha value is -2.18. The summed E-state index contributed by atoms with van der Waals surface area (Å²) in [6, 6.07) is -0.542. The molecule has 2 atom stereocenters. The first-order valence-corrected chi connectivity index (χ1v) is 32.4. The number of ether oxygens (including phenoxy) is 1. The Bertz CT molecular complexity index is 1230. The summed E-state index contributed by atoms with van der Waals surface area (Å²) >= 11 is 0. The van der Waals surface area contributed by atoms with Crippen LogP contribution in [0.25, 0.3) is 0 Å². The Morgan fingerprint density at radius 1 is 0.384 bits per heavy atom. The van der Waals surface area contributed by atoms with Gasteiger partial charge in [0, 0.05) is 12.8 Å². The molecule has 0 saturated carbocycles. The molecule has 2 unspecified atom stereocenters. The number of carbonyl (C=O) groups excluding carboxylic acids is 2. The molecular weight excluding hydrogens is 899 g/mol. The number of amides is 1. The monoisotopic (exact) mass is 1020 g/mol. The van der Waals surface area contributed by atoms with E-state index in [4.69, 9.17) is 4.74 Å². The molecular formula is C67H125NO5. The second-order valence-electron chi connectivity index (χ2n) is 22.1. The fourth-order valence-corrected chi connectivity index (χ4v) is 9.88. The predicted molar refractivity (Wildman–Crippen MR) is 319 cm³/mol. The van der Waals surface area contributed by atoms with Gasteiger partial charge >= 0.3 is 5.97 Å². The average molecular weight is 1020 g/mol. The zero-order valence-electron chi connectivity index (χ0n) is 48.9. The molecule has 0 aliphatic carbocycles. The molecule has 0 heterocycles. The third-order valence-electron chi connectivity index (χ3n) is 14.9. The van der Waals surface area contributed by atoms with Crippen LogP contribution in [0.3, 0.4) is 0 Å². The molecule has 0 aromatic heterocycles. The molecule has 0 aliphatic heterocycles. The van der Waals surface area contributed by atoms with Crippen molar-refractivity contribution < 1.29 is 24.5 Å². The Morgan fingerprint density at radius 2 is 0.685 bits per heavy atom. The van der Waals surface area contributed by atoms with Crippen molar-refractivity contribution in [1.29, 1.82) is 0 Å². The van der Waals surface area contributed by atoms with Crippen LogP contribution >= 0.6 is 0 Å². The first kappa shape index (κ1) is 70.8. The van der Waals surface area contributed by atoms with E-state index in [1.807, 2.05) is 0 Å². The normalized spacial score (nSPS) is 12.9. The van der Waals surface area contributed by atoms with Gasteiger partial charge in [-0.25, -0.2) is 0 Å². The maximum absolute atomic E-state index is 12.5. The summed E-state index contributed by atoms with van der Waals surface area (Å²) in [4.78, 5) is 24.5. The quantitative estimate of drug-likeness (QED) is 0.0320. The Labute approximate surface area is 455 Å². The van der Waals surface area contributed by atoms with Gasteiger partial charge in [0.25, 0.3) is 0 Å². The summed E-state index contributed by atoms with van der Waals surface area (Å²) in [6.07, 6.45) is 79.9. The molecule has 428 valence electrons. The fourth-order valence-electron chi connectivity index (χ4n) is 9.88. The third kappa shape index (κ3) is 58.9. The topological polar surface area (TPSA) is 95.9 Å². The number of esters is 1. The molecule has 0 bridgehead atoms. The first-order chi connectivity index (χ1) is 36.0. The minimum absolute atomic E-state index is 0.00226. The van der Waals surface area contributed by atoms with Crippen LogP contribution in [0.15, 0.2) is 48.6 Å². The zero-order valence-corrected chi connectivity index (χ0v) is 48.9. The van der Waals surface area contributed by atoms with Crippen LogP contribution in [0.2, 0.25) is 0 Å². The molecule has 1 amide bonds. The number of carbonyl (C=O) groups is 2. The van der Waals surface area contributed by atoms with E-state index in [9.17, 15) is 19.8 Å². The minimum Gasteiger partial charge on any atom is -0.466 e. The largest absolute Gasteiger partial charge is 0.466 e. The molecule has 73 heavy (non-hydrogen) atoms. The Kier molecular flexibility index (Phi) is 60.5. The number of hydrogen-bond donors (Lipinski definition) is 3. The summed E-state index contributed by atoms with van der Waals surface area (Å²) in [5, 5.41) is 23.2.